The van der Waals surface area contributed by atoms with Crippen LogP contribution in [0.3, 0.4) is 0 Å². The molecule has 1 fully saturated rings. The first-order valence-electron chi connectivity index (χ1n) is 7.62. The molecule has 112 valence electrons. The van der Waals surface area contributed by atoms with Gasteiger partial charge < -0.3 is 14.7 Å². The van der Waals surface area contributed by atoms with E-state index in [1.807, 2.05) is 0 Å². The van der Waals surface area contributed by atoms with Gasteiger partial charge in [-0.2, -0.15) is 0 Å². The van der Waals surface area contributed by atoms with Crippen molar-refractivity contribution in [2.24, 2.45) is 0 Å². The van der Waals surface area contributed by atoms with E-state index >= 15 is 0 Å². The Kier molecular flexibility index (Phi) is 7.39. The van der Waals surface area contributed by atoms with Crippen molar-refractivity contribution in [2.45, 2.75) is 76.6 Å². The highest BCUT2D eigenvalue weighted by molar-refractivity contribution is 5.83. The number of nitrogens with zero attached hydrogens (tertiary/aromatic N) is 1. The molecule has 0 saturated carbocycles. The van der Waals surface area contributed by atoms with Crippen molar-refractivity contribution in [2.75, 3.05) is 14.1 Å². The molecule has 0 radical (unpaired) electrons. The Morgan fingerprint density at radius 3 is 2.32 bits per heavy atom. The van der Waals surface area contributed by atoms with Crippen molar-refractivity contribution in [3.8, 4) is 0 Å². The number of hydrogen-bond acceptors (Lipinski definition) is 3. The molecule has 1 rings (SSSR count). The summed E-state index contributed by atoms with van der Waals surface area (Å²) in [6, 6.07) is 0. The van der Waals surface area contributed by atoms with Crippen LogP contribution in [0.25, 0.3) is 0 Å². The number of carbonyl (C=O) groups excluding carboxylic acids is 1. The van der Waals surface area contributed by atoms with Crippen molar-refractivity contribution in [1.29, 1.82) is 0 Å². The van der Waals surface area contributed by atoms with E-state index in [0.717, 1.165) is 12.8 Å². The van der Waals surface area contributed by atoms with E-state index in [1.165, 1.54) is 43.4 Å². The minimum absolute atomic E-state index is 0.0383. The van der Waals surface area contributed by atoms with Crippen LogP contribution in [0, 0.1) is 0 Å². The normalized spacial score (nSPS) is 23.2. The summed E-state index contributed by atoms with van der Waals surface area (Å²) in [6.45, 7) is 2.22. The van der Waals surface area contributed by atoms with E-state index in [4.69, 9.17) is 4.74 Å². The second kappa shape index (κ2) is 8.54. The third-order valence-electron chi connectivity index (χ3n) is 3.69. The van der Waals surface area contributed by atoms with Crippen molar-refractivity contribution in [3.05, 3.63) is 0 Å². The Balaban J connectivity index is 2.01. The molecule has 1 amide bonds. The smallest absolute Gasteiger partial charge is 0.254 e. The number of amides is 1. The fraction of sp³-hybridized carbons (Fsp3) is 0.933. The molecule has 0 bridgehead atoms. The first kappa shape index (κ1) is 16.4. The first-order valence-corrected chi connectivity index (χ1v) is 7.62. The summed E-state index contributed by atoms with van der Waals surface area (Å²) < 4.78 is 5.27. The molecule has 1 heterocycles. The van der Waals surface area contributed by atoms with E-state index < -0.39 is 12.2 Å². The molecule has 0 aromatic rings. The molecule has 4 heteroatoms. The topological polar surface area (TPSA) is 53.1 Å². The van der Waals surface area contributed by atoms with Crippen LogP contribution in [0.1, 0.15) is 58.3 Å². The average Bonchev–Trinajstić information content (AvgIpc) is 3.16. The molecule has 0 spiro atoms. The maximum atomic E-state index is 11.6. The molecule has 1 saturated heterocycles. The van der Waals surface area contributed by atoms with Gasteiger partial charge in [-0.3, -0.25) is 4.79 Å². The zero-order chi connectivity index (χ0) is 14.3. The highest BCUT2D eigenvalue weighted by Gasteiger charge is 2.49. The Morgan fingerprint density at radius 1 is 1.16 bits per heavy atom. The van der Waals surface area contributed by atoms with E-state index in [-0.39, 0.29) is 12.0 Å². The molecule has 1 aliphatic heterocycles. The quantitative estimate of drug-likeness (QED) is 0.490. The number of aliphatic hydroxyl groups is 1. The molecule has 0 aliphatic carbocycles. The van der Waals surface area contributed by atoms with Crippen molar-refractivity contribution in [1.82, 2.24) is 4.90 Å². The highest BCUT2D eigenvalue weighted by atomic mass is 16.6. The van der Waals surface area contributed by atoms with Gasteiger partial charge in [0, 0.05) is 14.1 Å². The van der Waals surface area contributed by atoms with E-state index in [1.54, 1.807) is 14.1 Å². The van der Waals surface area contributed by atoms with Crippen LogP contribution >= 0.6 is 0 Å². The number of epoxide rings is 1. The summed E-state index contributed by atoms with van der Waals surface area (Å²) in [4.78, 5) is 13.1. The standard InChI is InChI=1S/C15H29NO3/c1-4-5-6-7-8-9-10-11-12(17)13-14(19-13)15(18)16(2)3/h12-14,17H,4-11H2,1-3H3/t12-,13-,14-/m1/s1. The van der Waals surface area contributed by atoms with Crippen molar-refractivity contribution < 1.29 is 14.6 Å². The van der Waals surface area contributed by atoms with Gasteiger partial charge in [0.2, 0.25) is 0 Å². The Hall–Kier alpha value is -0.610. The average molecular weight is 271 g/mol. The van der Waals surface area contributed by atoms with Crippen LogP contribution in [-0.4, -0.2) is 48.3 Å². The van der Waals surface area contributed by atoms with Gasteiger partial charge >= 0.3 is 0 Å². The van der Waals surface area contributed by atoms with Crippen LogP contribution in [0.4, 0.5) is 0 Å². The monoisotopic (exact) mass is 271 g/mol. The van der Waals surface area contributed by atoms with Crippen LogP contribution < -0.4 is 0 Å². The lowest BCUT2D eigenvalue weighted by atomic mass is 10.0. The second-order valence-corrected chi connectivity index (χ2v) is 5.73. The number of ether oxygens (including phenoxy) is 1. The Bertz CT molecular complexity index is 268. The zero-order valence-corrected chi connectivity index (χ0v) is 12.6. The summed E-state index contributed by atoms with van der Waals surface area (Å²) in [6.07, 6.45) is 8.25. The van der Waals surface area contributed by atoms with Crippen molar-refractivity contribution in [3.63, 3.8) is 0 Å². The third-order valence-corrected chi connectivity index (χ3v) is 3.69. The van der Waals surface area contributed by atoms with Crippen LogP contribution in [0.5, 0.6) is 0 Å². The Labute approximate surface area is 117 Å². The number of carbonyl (C=O) groups is 1. The third kappa shape index (κ3) is 5.91. The fourth-order valence-corrected chi connectivity index (χ4v) is 2.34. The Morgan fingerprint density at radius 2 is 1.74 bits per heavy atom. The van der Waals surface area contributed by atoms with Gasteiger partial charge in [-0.05, 0) is 6.42 Å². The molecule has 0 aromatic carbocycles. The summed E-state index contributed by atoms with van der Waals surface area (Å²) in [5.74, 6) is -0.0383. The molecule has 4 nitrogen and oxygen atoms in total. The van der Waals surface area contributed by atoms with Gasteiger partial charge in [0.1, 0.15) is 6.10 Å². The predicted molar refractivity (Wildman–Crippen MR) is 76.0 cm³/mol. The second-order valence-electron chi connectivity index (χ2n) is 5.73. The van der Waals surface area contributed by atoms with Gasteiger partial charge in [0.25, 0.3) is 5.91 Å². The van der Waals surface area contributed by atoms with Gasteiger partial charge in [-0.25, -0.2) is 0 Å². The van der Waals surface area contributed by atoms with Gasteiger partial charge in [0.15, 0.2) is 6.10 Å². The maximum Gasteiger partial charge on any atom is 0.254 e. The van der Waals surface area contributed by atoms with E-state index in [0.29, 0.717) is 0 Å². The summed E-state index contributed by atoms with van der Waals surface area (Å²) in [5.41, 5.74) is 0. The van der Waals surface area contributed by atoms with Crippen LogP contribution in [0.2, 0.25) is 0 Å². The van der Waals surface area contributed by atoms with E-state index in [9.17, 15) is 9.90 Å². The first-order chi connectivity index (χ1) is 9.07. The predicted octanol–water partition coefficient (Wildman–Crippen LogP) is 2.34. The minimum atomic E-state index is -0.482. The number of hydrogen-bond donors (Lipinski definition) is 1. The number of likely N-dealkylation sites (N-methyl/N-ethyl adjacent to an activating group) is 1. The number of aliphatic hydroxyl groups excluding tert-OH is 1. The number of rotatable bonds is 10. The summed E-state index contributed by atoms with van der Waals surface area (Å²) in [7, 11) is 3.42. The summed E-state index contributed by atoms with van der Waals surface area (Å²) in [5, 5.41) is 9.94. The molecule has 19 heavy (non-hydrogen) atoms. The lowest BCUT2D eigenvalue weighted by Crippen LogP contribution is -2.30. The number of unbranched alkanes of at least 4 members (excludes halogenated alkanes) is 6. The van der Waals surface area contributed by atoms with E-state index in [2.05, 4.69) is 6.92 Å². The van der Waals surface area contributed by atoms with Crippen LogP contribution in [0.15, 0.2) is 0 Å². The lowest BCUT2D eigenvalue weighted by molar-refractivity contribution is -0.130. The molecule has 0 aromatic heterocycles. The van der Waals surface area contributed by atoms with Gasteiger partial charge in [-0.15, -0.1) is 0 Å². The minimum Gasteiger partial charge on any atom is -0.390 e. The van der Waals surface area contributed by atoms with Crippen LogP contribution in [-0.2, 0) is 9.53 Å². The molecular weight excluding hydrogens is 242 g/mol. The molecule has 1 aliphatic rings. The SMILES string of the molecule is CCCCCCCCC[C@@H](O)[C@H]1O[C@H]1C(=O)N(C)C. The molecule has 1 N–H and O–H groups in total. The lowest BCUT2D eigenvalue weighted by Gasteiger charge is -2.09. The highest BCUT2D eigenvalue weighted by Crippen LogP contribution is 2.29. The molecule has 0 unspecified atom stereocenters. The fourth-order valence-electron chi connectivity index (χ4n) is 2.34. The maximum absolute atomic E-state index is 11.6. The van der Waals surface area contributed by atoms with Gasteiger partial charge in [0.05, 0.1) is 6.10 Å². The largest absolute Gasteiger partial charge is 0.390 e. The van der Waals surface area contributed by atoms with Gasteiger partial charge in [-0.1, -0.05) is 51.9 Å². The summed E-state index contributed by atoms with van der Waals surface area (Å²) >= 11 is 0. The zero-order valence-electron chi connectivity index (χ0n) is 12.6. The molecule has 3 atom stereocenters. The van der Waals surface area contributed by atoms with Crippen molar-refractivity contribution >= 4 is 5.91 Å². The molecular formula is C15H29NO3.